The molecule has 2 amide bonds. The molecule has 0 bridgehead atoms. The van der Waals surface area contributed by atoms with Crippen molar-refractivity contribution in [2.45, 2.75) is 11.7 Å². The molecule has 2 aromatic carbocycles. The summed E-state index contributed by atoms with van der Waals surface area (Å²) >= 11 is 7.32. The number of benzene rings is 2. The third-order valence-electron chi connectivity index (χ3n) is 4.02. The second-order valence-electron chi connectivity index (χ2n) is 6.10. The van der Waals surface area contributed by atoms with Gasteiger partial charge in [0.15, 0.2) is 16.7 Å². The van der Waals surface area contributed by atoms with Gasteiger partial charge < -0.3 is 20.1 Å². The zero-order valence-electron chi connectivity index (χ0n) is 16.2. The Balaban J connectivity index is 1.60. The van der Waals surface area contributed by atoms with Gasteiger partial charge in [0, 0.05) is 17.7 Å². The van der Waals surface area contributed by atoms with Crippen LogP contribution in [0.5, 0.6) is 11.5 Å². The summed E-state index contributed by atoms with van der Waals surface area (Å²) in [5, 5.41) is 13.5. The number of methoxy groups -OCH3 is 2. The molecule has 1 aliphatic heterocycles. The Bertz CT molecular complexity index is 998. The van der Waals surface area contributed by atoms with E-state index in [0.717, 1.165) is 11.8 Å². The van der Waals surface area contributed by atoms with E-state index >= 15 is 0 Å². The Kier molecular flexibility index (Phi) is 7.31. The van der Waals surface area contributed by atoms with E-state index in [-0.39, 0.29) is 18.2 Å². The standard InChI is InChI=1S/C20H19ClN4O4S/c1-28-15-9-12(8-14(21)18(15)29-2)11-22-25-20-24-19(27)16(30-20)10-17(26)23-13-6-4-3-5-7-13/h3-9,11,16H,10H2,1-2H3,(H,23,26)(H,24,25,27)/b22-11-/t16-/m0/s1. The van der Waals surface area contributed by atoms with Crippen molar-refractivity contribution < 1.29 is 19.1 Å². The topological polar surface area (TPSA) is 101 Å². The molecule has 0 spiro atoms. The summed E-state index contributed by atoms with van der Waals surface area (Å²) in [4.78, 5) is 24.3. The van der Waals surface area contributed by atoms with Crippen LogP contribution in [0.25, 0.3) is 0 Å². The number of nitrogens with zero attached hydrogens (tertiary/aromatic N) is 2. The maximum atomic E-state index is 12.2. The average Bonchev–Trinajstić information content (AvgIpc) is 3.07. The van der Waals surface area contributed by atoms with E-state index in [0.29, 0.717) is 32.9 Å². The van der Waals surface area contributed by atoms with Crippen molar-refractivity contribution >= 4 is 52.2 Å². The van der Waals surface area contributed by atoms with Gasteiger partial charge in [0.25, 0.3) is 0 Å². The number of carbonyl (C=O) groups is 2. The number of halogens is 1. The molecule has 30 heavy (non-hydrogen) atoms. The van der Waals surface area contributed by atoms with Crippen molar-refractivity contribution in [2.75, 3.05) is 19.5 Å². The van der Waals surface area contributed by atoms with Gasteiger partial charge in [-0.3, -0.25) is 9.59 Å². The number of hydrogen-bond donors (Lipinski definition) is 2. The Hall–Kier alpha value is -3.04. The summed E-state index contributed by atoms with van der Waals surface area (Å²) in [5.41, 5.74) is 1.33. The Morgan fingerprint density at radius 2 is 2.03 bits per heavy atom. The molecule has 0 aliphatic carbocycles. The van der Waals surface area contributed by atoms with Gasteiger partial charge in [0.2, 0.25) is 11.8 Å². The molecular formula is C20H19ClN4O4S. The first-order chi connectivity index (χ1) is 14.5. The van der Waals surface area contributed by atoms with Gasteiger partial charge in [0.05, 0.1) is 25.5 Å². The number of carbonyl (C=O) groups excluding carboxylic acids is 2. The van der Waals surface area contributed by atoms with E-state index in [1.807, 2.05) is 18.2 Å². The molecule has 0 aromatic heterocycles. The number of anilines is 1. The Labute approximate surface area is 182 Å². The minimum atomic E-state index is -0.571. The number of ether oxygens (including phenoxy) is 2. The van der Waals surface area contributed by atoms with Gasteiger partial charge in [0.1, 0.15) is 5.25 Å². The minimum Gasteiger partial charge on any atom is -0.493 e. The van der Waals surface area contributed by atoms with Crippen molar-refractivity contribution in [3.63, 3.8) is 0 Å². The van der Waals surface area contributed by atoms with E-state index in [1.54, 1.807) is 24.3 Å². The zero-order valence-corrected chi connectivity index (χ0v) is 17.8. The fourth-order valence-corrected chi connectivity index (χ4v) is 3.87. The first-order valence-electron chi connectivity index (χ1n) is 8.85. The number of amides is 2. The molecule has 2 aromatic rings. The molecule has 3 rings (SSSR count). The van der Waals surface area contributed by atoms with Gasteiger partial charge >= 0.3 is 0 Å². The summed E-state index contributed by atoms with van der Waals surface area (Å²) in [6.07, 6.45) is 1.50. The van der Waals surface area contributed by atoms with Crippen molar-refractivity contribution in [1.82, 2.24) is 5.32 Å². The third-order valence-corrected chi connectivity index (χ3v) is 5.37. The van der Waals surface area contributed by atoms with Crippen LogP contribution in [0.15, 0.2) is 52.7 Å². The number of hydrogen-bond acceptors (Lipinski definition) is 7. The maximum Gasteiger partial charge on any atom is 0.240 e. The predicted octanol–water partition coefficient (Wildman–Crippen LogP) is 3.31. The maximum absolute atomic E-state index is 12.2. The highest BCUT2D eigenvalue weighted by Gasteiger charge is 2.32. The first-order valence-corrected chi connectivity index (χ1v) is 10.1. The van der Waals surface area contributed by atoms with Crippen molar-refractivity contribution in [2.24, 2.45) is 10.2 Å². The lowest BCUT2D eigenvalue weighted by atomic mass is 10.2. The van der Waals surface area contributed by atoms with Gasteiger partial charge in [-0.05, 0) is 24.3 Å². The van der Waals surface area contributed by atoms with E-state index < -0.39 is 5.25 Å². The van der Waals surface area contributed by atoms with Crippen molar-refractivity contribution in [3.05, 3.63) is 53.1 Å². The quantitative estimate of drug-likeness (QED) is 0.502. The van der Waals surface area contributed by atoms with Gasteiger partial charge in [-0.15, -0.1) is 5.10 Å². The number of para-hydroxylation sites is 1. The summed E-state index contributed by atoms with van der Waals surface area (Å²) < 4.78 is 10.4. The van der Waals surface area contributed by atoms with E-state index in [9.17, 15) is 9.59 Å². The molecule has 0 saturated carbocycles. The van der Waals surface area contributed by atoms with Crippen LogP contribution in [0.3, 0.4) is 0 Å². The summed E-state index contributed by atoms with van der Waals surface area (Å²) in [6.45, 7) is 0. The Morgan fingerprint density at radius 1 is 1.27 bits per heavy atom. The van der Waals surface area contributed by atoms with E-state index in [1.165, 1.54) is 20.4 Å². The van der Waals surface area contributed by atoms with Crippen LogP contribution in [-0.4, -0.2) is 42.7 Å². The molecule has 1 aliphatic rings. The molecule has 2 N–H and O–H groups in total. The molecule has 156 valence electrons. The lowest BCUT2D eigenvalue weighted by molar-refractivity contribution is -0.122. The van der Waals surface area contributed by atoms with Crippen LogP contribution in [-0.2, 0) is 9.59 Å². The fraction of sp³-hybridized carbons (Fsp3) is 0.200. The van der Waals surface area contributed by atoms with Crippen LogP contribution in [0, 0.1) is 0 Å². The molecule has 8 nitrogen and oxygen atoms in total. The molecule has 1 heterocycles. The lowest BCUT2D eigenvalue weighted by Crippen LogP contribution is -2.28. The molecule has 1 atom stereocenters. The first kappa shape index (κ1) is 21.7. The second kappa shape index (κ2) is 10.1. The van der Waals surface area contributed by atoms with E-state index in [2.05, 4.69) is 20.8 Å². The highest BCUT2D eigenvalue weighted by atomic mass is 35.5. The van der Waals surface area contributed by atoms with Gasteiger partial charge in [-0.2, -0.15) is 5.10 Å². The van der Waals surface area contributed by atoms with Crippen LogP contribution in [0.4, 0.5) is 5.69 Å². The zero-order chi connectivity index (χ0) is 21.5. The number of nitrogens with one attached hydrogen (secondary N) is 2. The second-order valence-corrected chi connectivity index (χ2v) is 7.70. The van der Waals surface area contributed by atoms with Gasteiger partial charge in [-0.1, -0.05) is 41.6 Å². The van der Waals surface area contributed by atoms with Crippen molar-refractivity contribution in [3.8, 4) is 11.5 Å². The molecule has 1 saturated heterocycles. The SMILES string of the molecule is COc1cc(/C=N\N=C2\NC(=O)[C@H](CC(=O)Nc3ccccc3)S2)cc(Cl)c1OC. The lowest BCUT2D eigenvalue weighted by Gasteiger charge is -2.09. The highest BCUT2D eigenvalue weighted by Crippen LogP contribution is 2.35. The average molecular weight is 447 g/mol. The van der Waals surface area contributed by atoms with Crippen LogP contribution < -0.4 is 20.1 Å². The summed E-state index contributed by atoms with van der Waals surface area (Å²) in [5.74, 6) is 0.356. The van der Waals surface area contributed by atoms with Gasteiger partial charge in [-0.25, -0.2) is 0 Å². The molecule has 0 unspecified atom stereocenters. The monoisotopic (exact) mass is 446 g/mol. The third kappa shape index (κ3) is 5.52. The Morgan fingerprint density at radius 3 is 2.73 bits per heavy atom. The summed E-state index contributed by atoms with van der Waals surface area (Å²) in [7, 11) is 3.01. The smallest absolute Gasteiger partial charge is 0.240 e. The highest BCUT2D eigenvalue weighted by molar-refractivity contribution is 8.15. The van der Waals surface area contributed by atoms with Crippen LogP contribution in [0.2, 0.25) is 5.02 Å². The normalized spacial score (nSPS) is 17.2. The molecular weight excluding hydrogens is 428 g/mol. The molecule has 0 radical (unpaired) electrons. The fourth-order valence-electron chi connectivity index (χ4n) is 2.65. The minimum absolute atomic E-state index is 0.0272. The number of rotatable bonds is 7. The van der Waals surface area contributed by atoms with Crippen LogP contribution in [0.1, 0.15) is 12.0 Å². The molecule has 10 heteroatoms. The van der Waals surface area contributed by atoms with Crippen molar-refractivity contribution in [1.29, 1.82) is 0 Å². The summed E-state index contributed by atoms with van der Waals surface area (Å²) in [6, 6.07) is 12.4. The van der Waals surface area contributed by atoms with Crippen LogP contribution >= 0.6 is 23.4 Å². The largest absolute Gasteiger partial charge is 0.493 e. The predicted molar refractivity (Wildman–Crippen MR) is 119 cm³/mol. The molecule has 1 fully saturated rings. The van der Waals surface area contributed by atoms with E-state index in [4.69, 9.17) is 21.1 Å². The number of amidine groups is 1. The number of thioether (sulfide) groups is 1.